The molecule has 0 bridgehead atoms. The molecule has 0 saturated carbocycles. The van der Waals surface area contributed by atoms with Crippen LogP contribution >= 0.6 is 11.3 Å². The monoisotopic (exact) mass is 338 g/mol. The van der Waals surface area contributed by atoms with Crippen LogP contribution in [-0.2, 0) is 4.74 Å². The lowest BCUT2D eigenvalue weighted by molar-refractivity contribution is 0.0304. The van der Waals surface area contributed by atoms with Crippen LogP contribution < -0.4 is 0 Å². The molecule has 0 spiro atoms. The van der Waals surface area contributed by atoms with E-state index in [2.05, 4.69) is 19.1 Å². The normalized spacial score (nSPS) is 15.0. The van der Waals surface area contributed by atoms with Gasteiger partial charge in [-0.05, 0) is 31.2 Å². The number of pyridine rings is 1. The number of nitrogens with zero attached hydrogens (tertiary/aromatic N) is 2. The molecule has 1 saturated heterocycles. The fraction of sp³-hybridized carbons (Fsp3) is 0.263. The smallest absolute Gasteiger partial charge is 0.254 e. The third-order valence-electron chi connectivity index (χ3n) is 4.24. The van der Waals surface area contributed by atoms with Gasteiger partial charge in [0.2, 0.25) is 0 Å². The van der Waals surface area contributed by atoms with Crippen LogP contribution in [0.4, 0.5) is 0 Å². The molecule has 2 aromatic heterocycles. The third kappa shape index (κ3) is 2.81. The molecular formula is C19H18N2O2S. The molecule has 1 aromatic carbocycles. The minimum Gasteiger partial charge on any atom is -0.378 e. The molecule has 1 aliphatic heterocycles. The second-order valence-corrected chi connectivity index (χ2v) is 7.17. The van der Waals surface area contributed by atoms with Gasteiger partial charge in [-0.1, -0.05) is 18.2 Å². The third-order valence-corrected chi connectivity index (χ3v) is 5.26. The van der Waals surface area contributed by atoms with Gasteiger partial charge in [-0.2, -0.15) is 0 Å². The Morgan fingerprint density at radius 3 is 2.71 bits per heavy atom. The minimum absolute atomic E-state index is 0.0615. The van der Waals surface area contributed by atoms with Crippen molar-refractivity contribution in [2.45, 2.75) is 6.92 Å². The zero-order chi connectivity index (χ0) is 16.5. The number of aryl methyl sites for hydroxylation is 1. The highest BCUT2D eigenvalue weighted by molar-refractivity contribution is 7.15. The number of amides is 1. The van der Waals surface area contributed by atoms with Crippen LogP contribution in [0.2, 0.25) is 0 Å². The second-order valence-electron chi connectivity index (χ2n) is 5.89. The number of aromatic nitrogens is 1. The van der Waals surface area contributed by atoms with E-state index < -0.39 is 0 Å². The van der Waals surface area contributed by atoms with E-state index in [4.69, 9.17) is 9.72 Å². The van der Waals surface area contributed by atoms with Gasteiger partial charge >= 0.3 is 0 Å². The summed E-state index contributed by atoms with van der Waals surface area (Å²) in [6.45, 7) is 4.57. The van der Waals surface area contributed by atoms with E-state index >= 15 is 0 Å². The molecular weight excluding hydrogens is 320 g/mol. The zero-order valence-corrected chi connectivity index (χ0v) is 14.3. The molecule has 0 unspecified atom stereocenters. The molecule has 0 atom stereocenters. The summed E-state index contributed by atoms with van der Waals surface area (Å²) in [6.07, 6.45) is 0. The van der Waals surface area contributed by atoms with Gasteiger partial charge in [0.25, 0.3) is 5.91 Å². The number of thiophene rings is 1. The second kappa shape index (κ2) is 6.34. The molecule has 0 aliphatic carbocycles. The highest BCUT2D eigenvalue weighted by atomic mass is 32.1. The predicted octanol–water partition coefficient (Wildman–Crippen LogP) is 3.74. The molecule has 24 heavy (non-hydrogen) atoms. The molecule has 0 radical (unpaired) electrons. The maximum Gasteiger partial charge on any atom is 0.254 e. The number of hydrogen-bond donors (Lipinski definition) is 0. The van der Waals surface area contributed by atoms with Crippen molar-refractivity contribution in [1.82, 2.24) is 9.88 Å². The maximum absolute atomic E-state index is 13.0. The first kappa shape index (κ1) is 15.3. The Bertz CT molecular complexity index is 897. The number of benzene rings is 1. The average Bonchev–Trinajstić information content (AvgIpc) is 3.07. The first-order valence-electron chi connectivity index (χ1n) is 8.06. The molecule has 1 aliphatic rings. The van der Waals surface area contributed by atoms with Crippen molar-refractivity contribution >= 4 is 28.1 Å². The van der Waals surface area contributed by atoms with E-state index in [0.717, 1.165) is 27.0 Å². The molecule has 1 fully saturated rings. The summed E-state index contributed by atoms with van der Waals surface area (Å²) < 4.78 is 5.36. The minimum atomic E-state index is 0.0615. The Morgan fingerprint density at radius 2 is 1.96 bits per heavy atom. The number of ether oxygens (including phenoxy) is 1. The van der Waals surface area contributed by atoms with Crippen molar-refractivity contribution in [1.29, 1.82) is 0 Å². The average molecular weight is 338 g/mol. The van der Waals surface area contributed by atoms with E-state index in [9.17, 15) is 4.79 Å². The maximum atomic E-state index is 13.0. The fourth-order valence-electron chi connectivity index (χ4n) is 2.99. The molecule has 4 nitrogen and oxygen atoms in total. The van der Waals surface area contributed by atoms with Crippen LogP contribution in [0.3, 0.4) is 0 Å². The summed E-state index contributed by atoms with van der Waals surface area (Å²) >= 11 is 1.70. The Morgan fingerprint density at radius 1 is 1.17 bits per heavy atom. The van der Waals surface area contributed by atoms with Gasteiger partial charge in [0.05, 0.1) is 34.9 Å². The quantitative estimate of drug-likeness (QED) is 0.715. The highest BCUT2D eigenvalue weighted by Gasteiger charge is 2.22. The van der Waals surface area contributed by atoms with Crippen LogP contribution in [0.25, 0.3) is 21.5 Å². The number of hydrogen-bond acceptors (Lipinski definition) is 4. The van der Waals surface area contributed by atoms with E-state index in [0.29, 0.717) is 26.3 Å². The van der Waals surface area contributed by atoms with Gasteiger partial charge in [-0.25, -0.2) is 4.98 Å². The summed E-state index contributed by atoms with van der Waals surface area (Å²) in [5, 5.41) is 0.908. The summed E-state index contributed by atoms with van der Waals surface area (Å²) in [5.74, 6) is 0.0615. The number of para-hydroxylation sites is 1. The van der Waals surface area contributed by atoms with E-state index in [1.54, 1.807) is 11.3 Å². The van der Waals surface area contributed by atoms with Crippen LogP contribution in [0.15, 0.2) is 42.5 Å². The molecule has 1 amide bonds. The highest BCUT2D eigenvalue weighted by Crippen LogP contribution is 2.30. The van der Waals surface area contributed by atoms with Crippen LogP contribution in [-0.4, -0.2) is 42.1 Å². The molecule has 3 aromatic rings. The standard InChI is InChI=1S/C19H18N2O2S/c1-13-6-7-18(24-13)17-12-15(14-4-2-3-5-16(14)20-17)19(22)21-8-10-23-11-9-21/h2-7,12H,8-11H2,1H3. The number of fused-ring (bicyclic) bond motifs is 1. The van der Waals surface area contributed by atoms with Crippen LogP contribution in [0.5, 0.6) is 0 Å². The molecule has 3 heterocycles. The molecule has 5 heteroatoms. The summed E-state index contributed by atoms with van der Waals surface area (Å²) in [7, 11) is 0. The SMILES string of the molecule is Cc1ccc(-c2cc(C(=O)N3CCOCC3)c3ccccc3n2)s1. The summed E-state index contributed by atoms with van der Waals surface area (Å²) in [6, 6.07) is 13.9. The lowest BCUT2D eigenvalue weighted by atomic mass is 10.1. The van der Waals surface area contributed by atoms with Crippen LogP contribution in [0, 0.1) is 6.92 Å². The van der Waals surface area contributed by atoms with Crippen molar-refractivity contribution in [2.75, 3.05) is 26.3 Å². The van der Waals surface area contributed by atoms with Crippen LogP contribution in [0.1, 0.15) is 15.2 Å². The number of carbonyl (C=O) groups is 1. The number of morpholine rings is 1. The molecule has 122 valence electrons. The van der Waals surface area contributed by atoms with Crippen molar-refractivity contribution in [3.8, 4) is 10.6 Å². The van der Waals surface area contributed by atoms with E-state index in [-0.39, 0.29) is 5.91 Å². The van der Waals surface area contributed by atoms with Gasteiger partial charge in [-0.15, -0.1) is 11.3 Å². The van der Waals surface area contributed by atoms with Gasteiger partial charge in [-0.3, -0.25) is 4.79 Å². The first-order valence-corrected chi connectivity index (χ1v) is 8.87. The Balaban J connectivity index is 1.84. The predicted molar refractivity (Wildman–Crippen MR) is 96.5 cm³/mol. The van der Waals surface area contributed by atoms with Crippen molar-refractivity contribution in [3.05, 3.63) is 52.9 Å². The van der Waals surface area contributed by atoms with Gasteiger partial charge < -0.3 is 9.64 Å². The number of rotatable bonds is 2. The Kier molecular flexibility index (Phi) is 4.04. The van der Waals surface area contributed by atoms with Gasteiger partial charge in [0.15, 0.2) is 0 Å². The zero-order valence-electron chi connectivity index (χ0n) is 13.5. The van der Waals surface area contributed by atoms with Crippen molar-refractivity contribution in [3.63, 3.8) is 0 Å². The van der Waals surface area contributed by atoms with Crippen molar-refractivity contribution < 1.29 is 9.53 Å². The fourth-order valence-corrected chi connectivity index (χ4v) is 3.82. The lowest BCUT2D eigenvalue weighted by Gasteiger charge is -2.27. The number of carbonyl (C=O) groups excluding carboxylic acids is 1. The van der Waals surface area contributed by atoms with Gasteiger partial charge in [0, 0.05) is 23.4 Å². The Labute approximate surface area is 144 Å². The largest absolute Gasteiger partial charge is 0.378 e. The lowest BCUT2D eigenvalue weighted by Crippen LogP contribution is -2.40. The molecule has 0 N–H and O–H groups in total. The van der Waals surface area contributed by atoms with E-state index in [1.807, 2.05) is 35.2 Å². The van der Waals surface area contributed by atoms with Crippen molar-refractivity contribution in [2.24, 2.45) is 0 Å². The summed E-state index contributed by atoms with van der Waals surface area (Å²) in [5.41, 5.74) is 2.45. The topological polar surface area (TPSA) is 42.4 Å². The van der Waals surface area contributed by atoms with E-state index in [1.165, 1.54) is 4.88 Å². The summed E-state index contributed by atoms with van der Waals surface area (Å²) in [4.78, 5) is 22.0. The molecule has 4 rings (SSSR count). The van der Waals surface area contributed by atoms with Gasteiger partial charge in [0.1, 0.15) is 0 Å². The first-order chi connectivity index (χ1) is 11.7. The Hall–Kier alpha value is -2.24.